The Morgan fingerprint density at radius 1 is 1.06 bits per heavy atom. The van der Waals surface area contributed by atoms with Crippen LogP contribution in [-0.2, 0) is 6.54 Å². The lowest BCUT2D eigenvalue weighted by atomic mass is 10.1. The maximum absolute atomic E-state index is 12.8. The zero-order valence-electron chi connectivity index (χ0n) is 9.06. The fourth-order valence-electron chi connectivity index (χ4n) is 1.24. The molecule has 0 heterocycles. The molecular weight excluding hydrogens is 241 g/mol. The van der Waals surface area contributed by atoms with E-state index in [2.05, 4.69) is 5.32 Å². The molecular formula is C11H12F5N. The van der Waals surface area contributed by atoms with Crippen molar-refractivity contribution in [3.8, 4) is 0 Å². The summed E-state index contributed by atoms with van der Waals surface area (Å²) in [5.74, 6) is -4.73. The lowest BCUT2D eigenvalue weighted by molar-refractivity contribution is -0.291. The van der Waals surface area contributed by atoms with Crippen molar-refractivity contribution < 1.29 is 22.0 Å². The Hall–Kier alpha value is -1.17. The van der Waals surface area contributed by atoms with Gasteiger partial charge < -0.3 is 5.32 Å². The van der Waals surface area contributed by atoms with Gasteiger partial charge in [-0.1, -0.05) is 30.3 Å². The molecule has 1 atom stereocenters. The summed E-state index contributed by atoms with van der Waals surface area (Å²) < 4.78 is 61.7. The largest absolute Gasteiger partial charge is 0.454 e. The predicted octanol–water partition coefficient (Wildman–Crippen LogP) is 3.36. The van der Waals surface area contributed by atoms with Crippen molar-refractivity contribution in [3.05, 3.63) is 35.9 Å². The highest BCUT2D eigenvalue weighted by molar-refractivity contribution is 5.14. The molecule has 0 saturated carbocycles. The average Bonchev–Trinajstić information content (AvgIpc) is 2.25. The van der Waals surface area contributed by atoms with Gasteiger partial charge in [-0.15, -0.1) is 0 Å². The van der Waals surface area contributed by atoms with Crippen LogP contribution in [0.25, 0.3) is 0 Å². The molecule has 0 saturated heterocycles. The molecule has 96 valence electrons. The van der Waals surface area contributed by atoms with E-state index in [1.165, 1.54) is 0 Å². The zero-order valence-corrected chi connectivity index (χ0v) is 9.06. The number of hydrogen-bond acceptors (Lipinski definition) is 1. The zero-order chi connectivity index (χ0) is 13.1. The number of nitrogens with one attached hydrogen (secondary N) is 1. The van der Waals surface area contributed by atoms with E-state index < -0.39 is 18.1 Å². The van der Waals surface area contributed by atoms with Gasteiger partial charge in [0.25, 0.3) is 0 Å². The Morgan fingerprint density at radius 3 is 2.06 bits per heavy atom. The van der Waals surface area contributed by atoms with E-state index in [-0.39, 0.29) is 6.54 Å². The van der Waals surface area contributed by atoms with Crippen molar-refractivity contribution in [3.63, 3.8) is 0 Å². The number of rotatable bonds is 4. The molecule has 0 aliphatic heterocycles. The molecule has 1 aromatic rings. The Bertz CT molecular complexity index is 347. The second-order valence-electron chi connectivity index (χ2n) is 3.71. The summed E-state index contributed by atoms with van der Waals surface area (Å²) in [5.41, 5.74) is 0.650. The molecule has 1 rings (SSSR count). The monoisotopic (exact) mass is 253 g/mol. The van der Waals surface area contributed by atoms with Gasteiger partial charge in [0.05, 0.1) is 6.04 Å². The van der Waals surface area contributed by atoms with Crippen molar-refractivity contribution in [2.24, 2.45) is 0 Å². The van der Waals surface area contributed by atoms with Crippen LogP contribution in [0.2, 0.25) is 0 Å². The van der Waals surface area contributed by atoms with Crippen molar-refractivity contribution in [2.45, 2.75) is 31.6 Å². The molecule has 0 aliphatic rings. The fourth-order valence-corrected chi connectivity index (χ4v) is 1.24. The van der Waals surface area contributed by atoms with Crippen molar-refractivity contribution in [1.82, 2.24) is 5.32 Å². The summed E-state index contributed by atoms with van der Waals surface area (Å²) in [6.45, 7) is 0.782. The standard InChI is InChI=1S/C11H12F5N/c1-8(10(12,13)11(14,15)16)17-7-9-5-3-2-4-6-9/h2-6,8,17H,7H2,1H3. The van der Waals surface area contributed by atoms with E-state index in [1.54, 1.807) is 30.3 Å². The third kappa shape index (κ3) is 3.39. The number of alkyl halides is 5. The van der Waals surface area contributed by atoms with Crippen LogP contribution in [0.15, 0.2) is 30.3 Å². The summed E-state index contributed by atoms with van der Waals surface area (Å²) in [6.07, 6.45) is -5.53. The van der Waals surface area contributed by atoms with E-state index >= 15 is 0 Å². The van der Waals surface area contributed by atoms with Crippen LogP contribution >= 0.6 is 0 Å². The molecule has 0 aromatic heterocycles. The van der Waals surface area contributed by atoms with Crippen molar-refractivity contribution >= 4 is 0 Å². The van der Waals surface area contributed by atoms with Gasteiger partial charge in [0, 0.05) is 6.54 Å². The number of benzene rings is 1. The second-order valence-corrected chi connectivity index (χ2v) is 3.71. The first-order valence-electron chi connectivity index (χ1n) is 4.97. The molecule has 1 nitrogen and oxygen atoms in total. The van der Waals surface area contributed by atoms with E-state index in [4.69, 9.17) is 0 Å². The number of hydrogen-bond donors (Lipinski definition) is 1. The minimum absolute atomic E-state index is 0.0341. The van der Waals surface area contributed by atoms with Crippen LogP contribution in [0.3, 0.4) is 0 Å². The van der Waals surface area contributed by atoms with Gasteiger partial charge in [-0.25, -0.2) is 0 Å². The van der Waals surface area contributed by atoms with Crippen LogP contribution in [0, 0.1) is 0 Å². The van der Waals surface area contributed by atoms with E-state index in [1.807, 2.05) is 0 Å². The van der Waals surface area contributed by atoms with Crippen LogP contribution in [0.1, 0.15) is 12.5 Å². The summed E-state index contributed by atoms with van der Waals surface area (Å²) in [4.78, 5) is 0. The van der Waals surface area contributed by atoms with Crippen molar-refractivity contribution in [1.29, 1.82) is 0 Å². The molecule has 17 heavy (non-hydrogen) atoms. The molecule has 0 bridgehead atoms. The minimum Gasteiger partial charge on any atom is -0.304 e. The first-order valence-corrected chi connectivity index (χ1v) is 4.97. The molecule has 0 radical (unpaired) electrons. The van der Waals surface area contributed by atoms with Crippen molar-refractivity contribution in [2.75, 3.05) is 0 Å². The third-order valence-electron chi connectivity index (χ3n) is 2.38. The van der Waals surface area contributed by atoms with Gasteiger partial charge in [0.2, 0.25) is 0 Å². The highest BCUT2D eigenvalue weighted by Gasteiger charge is 2.60. The predicted molar refractivity (Wildman–Crippen MR) is 53.7 cm³/mol. The minimum atomic E-state index is -5.53. The molecule has 0 aliphatic carbocycles. The van der Waals surface area contributed by atoms with E-state index in [9.17, 15) is 22.0 Å². The fraction of sp³-hybridized carbons (Fsp3) is 0.455. The van der Waals surface area contributed by atoms with Gasteiger partial charge in [0.1, 0.15) is 0 Å². The highest BCUT2D eigenvalue weighted by atomic mass is 19.4. The third-order valence-corrected chi connectivity index (χ3v) is 2.38. The summed E-state index contributed by atoms with van der Waals surface area (Å²) >= 11 is 0. The summed E-state index contributed by atoms with van der Waals surface area (Å²) in [7, 11) is 0. The molecule has 0 fully saturated rings. The molecule has 0 spiro atoms. The lowest BCUT2D eigenvalue weighted by Gasteiger charge is -2.26. The topological polar surface area (TPSA) is 12.0 Å². The summed E-state index contributed by atoms with van der Waals surface area (Å²) in [5, 5.41) is 2.18. The lowest BCUT2D eigenvalue weighted by Crippen LogP contribution is -2.52. The maximum atomic E-state index is 12.8. The molecule has 0 amide bonds. The average molecular weight is 253 g/mol. The van der Waals surface area contributed by atoms with Crippen LogP contribution in [0.4, 0.5) is 22.0 Å². The van der Waals surface area contributed by atoms with Gasteiger partial charge in [-0.2, -0.15) is 22.0 Å². The smallest absolute Gasteiger partial charge is 0.304 e. The first-order chi connectivity index (χ1) is 7.75. The quantitative estimate of drug-likeness (QED) is 0.811. The van der Waals surface area contributed by atoms with Crippen LogP contribution in [0.5, 0.6) is 0 Å². The van der Waals surface area contributed by atoms with Gasteiger partial charge >= 0.3 is 12.1 Å². The Morgan fingerprint density at radius 2 is 1.59 bits per heavy atom. The Labute approximate surface area is 95.6 Å². The van der Waals surface area contributed by atoms with E-state index in [0.717, 1.165) is 6.92 Å². The van der Waals surface area contributed by atoms with Gasteiger partial charge in [-0.05, 0) is 12.5 Å². The number of halogens is 5. The summed E-state index contributed by atoms with van der Waals surface area (Å²) in [6, 6.07) is 6.42. The molecule has 6 heteroatoms. The van der Waals surface area contributed by atoms with E-state index in [0.29, 0.717) is 5.56 Å². The maximum Gasteiger partial charge on any atom is 0.454 e. The molecule has 1 aromatic carbocycles. The normalized spacial score (nSPS) is 14.7. The first kappa shape index (κ1) is 13.9. The second kappa shape index (κ2) is 5.00. The van der Waals surface area contributed by atoms with Gasteiger partial charge in [-0.3, -0.25) is 0 Å². The Kier molecular flexibility index (Phi) is 4.08. The SMILES string of the molecule is CC(NCc1ccccc1)C(F)(F)C(F)(F)F. The molecule has 1 N–H and O–H groups in total. The van der Waals surface area contributed by atoms with Crippen LogP contribution < -0.4 is 5.32 Å². The molecule has 1 unspecified atom stereocenters. The van der Waals surface area contributed by atoms with Gasteiger partial charge in [0.15, 0.2) is 0 Å². The Balaban J connectivity index is 2.59. The highest BCUT2D eigenvalue weighted by Crippen LogP contribution is 2.37. The van der Waals surface area contributed by atoms with Crippen LogP contribution in [-0.4, -0.2) is 18.1 Å².